The predicted octanol–water partition coefficient (Wildman–Crippen LogP) is 3.21. The molecule has 1 unspecified atom stereocenters. The van der Waals surface area contributed by atoms with E-state index in [2.05, 4.69) is 5.32 Å². The lowest BCUT2D eigenvalue weighted by molar-refractivity contribution is -0.128. The second-order valence-electron chi connectivity index (χ2n) is 8.44. The first-order chi connectivity index (χ1) is 17.2. The second kappa shape index (κ2) is 11.1. The van der Waals surface area contributed by atoms with Crippen LogP contribution in [0.25, 0.3) is 0 Å². The molecule has 0 aliphatic carbocycles. The number of anilines is 1. The second-order valence-corrected chi connectivity index (χ2v) is 10.9. The van der Waals surface area contributed by atoms with Crippen LogP contribution in [-0.2, 0) is 32.7 Å². The van der Waals surface area contributed by atoms with Crippen molar-refractivity contribution in [3.63, 3.8) is 0 Å². The number of carbonyl (C=O) groups is 2. The van der Waals surface area contributed by atoms with Gasteiger partial charge in [0.25, 0.3) is 5.91 Å². The smallest absolute Gasteiger partial charge is 0.263 e. The highest BCUT2D eigenvalue weighted by molar-refractivity contribution is 7.88. The molecule has 0 bridgehead atoms. The van der Waals surface area contributed by atoms with E-state index in [1.54, 1.807) is 48.5 Å². The highest BCUT2D eigenvalue weighted by atomic mass is 35.5. The number of nitrogens with zero attached hydrogens (tertiary/aromatic N) is 2. The summed E-state index contributed by atoms with van der Waals surface area (Å²) in [6.45, 7) is -0.115. The summed E-state index contributed by atoms with van der Waals surface area (Å²) in [6.07, 6.45) is 0.110. The Morgan fingerprint density at radius 2 is 1.67 bits per heavy atom. The fourth-order valence-electron chi connectivity index (χ4n) is 3.83. The minimum absolute atomic E-state index is 0.00865. The molecule has 3 aromatic rings. The number of carbonyl (C=O) groups excluding carboxylic acids is 2. The molecule has 4 rings (SSSR count). The van der Waals surface area contributed by atoms with Crippen LogP contribution in [0.15, 0.2) is 78.9 Å². The van der Waals surface area contributed by atoms with E-state index in [-0.39, 0.29) is 19.0 Å². The van der Waals surface area contributed by atoms with Crippen molar-refractivity contribution in [3.8, 4) is 5.75 Å². The van der Waals surface area contributed by atoms with Gasteiger partial charge in [-0.1, -0.05) is 66.2 Å². The van der Waals surface area contributed by atoms with Crippen LogP contribution in [0.2, 0.25) is 5.02 Å². The van der Waals surface area contributed by atoms with Gasteiger partial charge in [0.2, 0.25) is 15.9 Å². The number of hydrogen-bond donors (Lipinski definition) is 1. The molecule has 1 N–H and O–H groups in total. The number of hydrogen-bond acceptors (Lipinski definition) is 5. The van der Waals surface area contributed by atoms with E-state index in [9.17, 15) is 18.0 Å². The van der Waals surface area contributed by atoms with E-state index in [1.807, 2.05) is 30.3 Å². The van der Waals surface area contributed by atoms with Crippen LogP contribution in [0.5, 0.6) is 5.75 Å². The van der Waals surface area contributed by atoms with Gasteiger partial charge in [-0.2, -0.15) is 4.31 Å². The molecule has 0 spiro atoms. The third kappa shape index (κ3) is 6.42. The number of para-hydroxylation sites is 2. The molecule has 0 aromatic heterocycles. The fourth-order valence-corrected chi connectivity index (χ4v) is 4.68. The number of ether oxygens (including phenoxy) is 1. The monoisotopic (exact) mass is 527 g/mol. The minimum Gasteiger partial charge on any atom is -0.477 e. The molecule has 36 heavy (non-hydrogen) atoms. The van der Waals surface area contributed by atoms with Crippen LogP contribution in [0.3, 0.4) is 0 Å². The molecule has 1 aliphatic rings. The topological polar surface area (TPSA) is 96.0 Å². The Labute approximate surface area is 215 Å². The Hall–Kier alpha value is -3.40. The molecule has 3 aromatic carbocycles. The Bertz CT molecular complexity index is 1330. The van der Waals surface area contributed by atoms with Gasteiger partial charge in [-0.3, -0.25) is 9.59 Å². The van der Waals surface area contributed by atoms with E-state index in [0.29, 0.717) is 28.6 Å². The van der Waals surface area contributed by atoms with Gasteiger partial charge < -0.3 is 15.0 Å². The zero-order chi connectivity index (χ0) is 25.7. The molecule has 8 nitrogen and oxygen atoms in total. The van der Waals surface area contributed by atoms with Crippen molar-refractivity contribution < 1.29 is 22.7 Å². The molecule has 188 valence electrons. The van der Waals surface area contributed by atoms with Gasteiger partial charge in [-0.05, 0) is 35.4 Å². The van der Waals surface area contributed by atoms with Crippen molar-refractivity contribution in [1.82, 2.24) is 9.62 Å². The Morgan fingerprint density at radius 3 is 2.36 bits per heavy atom. The number of fused-ring (bicyclic) bond motifs is 1. The molecule has 0 saturated carbocycles. The largest absolute Gasteiger partial charge is 0.477 e. The normalized spacial score (nSPS) is 15.2. The van der Waals surface area contributed by atoms with Crippen molar-refractivity contribution in [2.75, 3.05) is 24.2 Å². The molecular formula is C26H26ClN3O5S. The van der Waals surface area contributed by atoms with Crippen molar-refractivity contribution in [3.05, 3.63) is 95.0 Å². The van der Waals surface area contributed by atoms with Gasteiger partial charge in [-0.15, -0.1) is 0 Å². The summed E-state index contributed by atoms with van der Waals surface area (Å²) in [7, 11) is -3.71. The number of rotatable bonds is 8. The van der Waals surface area contributed by atoms with Crippen molar-refractivity contribution >= 4 is 39.1 Å². The lowest BCUT2D eigenvalue weighted by Gasteiger charge is -2.35. The summed E-state index contributed by atoms with van der Waals surface area (Å²) in [6, 6.07) is 23.1. The molecule has 1 atom stereocenters. The summed E-state index contributed by atoms with van der Waals surface area (Å²) in [4.78, 5) is 27.7. The van der Waals surface area contributed by atoms with E-state index in [4.69, 9.17) is 16.3 Å². The van der Waals surface area contributed by atoms with Crippen LogP contribution >= 0.6 is 11.6 Å². The van der Waals surface area contributed by atoms with Gasteiger partial charge in [-0.25, -0.2) is 8.42 Å². The molecular weight excluding hydrogens is 502 g/mol. The van der Waals surface area contributed by atoms with E-state index in [1.165, 1.54) is 4.90 Å². The van der Waals surface area contributed by atoms with Crippen LogP contribution in [0.4, 0.5) is 5.69 Å². The SMILES string of the molecule is CS(=O)(=O)N(CC(=O)N1CC(C(=O)NCc2ccccc2)Oc2ccccc21)Cc1ccc(Cl)cc1. The Kier molecular flexibility index (Phi) is 7.93. The summed E-state index contributed by atoms with van der Waals surface area (Å²) in [5, 5.41) is 3.37. The zero-order valence-corrected chi connectivity index (χ0v) is 21.2. The average molecular weight is 528 g/mol. The van der Waals surface area contributed by atoms with Gasteiger partial charge in [0.1, 0.15) is 5.75 Å². The number of benzene rings is 3. The standard InChI is InChI=1S/C26H26ClN3O5S/c1-36(33,34)29(16-20-11-13-21(27)14-12-20)18-25(31)30-17-24(35-23-10-6-5-9-22(23)30)26(32)28-15-19-7-3-2-4-8-19/h2-14,24H,15-18H2,1H3,(H,28,32). The van der Waals surface area contributed by atoms with E-state index >= 15 is 0 Å². The van der Waals surface area contributed by atoms with Gasteiger partial charge in [0.15, 0.2) is 6.10 Å². The number of halogens is 1. The summed E-state index contributed by atoms with van der Waals surface area (Å²) < 4.78 is 32.0. The van der Waals surface area contributed by atoms with Crippen LogP contribution in [0, 0.1) is 0 Å². The third-order valence-corrected chi connectivity index (χ3v) is 7.18. The lowest BCUT2D eigenvalue weighted by Crippen LogP contribution is -2.52. The maximum atomic E-state index is 13.4. The first-order valence-electron chi connectivity index (χ1n) is 11.3. The summed E-state index contributed by atoms with van der Waals surface area (Å²) in [5.41, 5.74) is 2.11. The van der Waals surface area contributed by atoms with Gasteiger partial charge >= 0.3 is 0 Å². The average Bonchev–Trinajstić information content (AvgIpc) is 2.87. The molecule has 10 heteroatoms. The first kappa shape index (κ1) is 25.7. The Balaban J connectivity index is 1.51. The zero-order valence-electron chi connectivity index (χ0n) is 19.6. The van der Waals surface area contributed by atoms with Crippen LogP contribution < -0.4 is 15.0 Å². The lowest BCUT2D eigenvalue weighted by atomic mass is 10.1. The number of nitrogens with one attached hydrogen (secondary N) is 1. The fraction of sp³-hybridized carbons (Fsp3) is 0.231. The quantitative estimate of drug-likeness (QED) is 0.485. The van der Waals surface area contributed by atoms with Crippen molar-refractivity contribution in [1.29, 1.82) is 0 Å². The molecule has 1 heterocycles. The number of amides is 2. The first-order valence-corrected chi connectivity index (χ1v) is 13.5. The van der Waals surface area contributed by atoms with E-state index in [0.717, 1.165) is 16.1 Å². The third-order valence-electron chi connectivity index (χ3n) is 5.73. The van der Waals surface area contributed by atoms with Crippen LogP contribution in [-0.4, -0.2) is 50.0 Å². The number of sulfonamides is 1. The minimum atomic E-state index is -3.71. The van der Waals surface area contributed by atoms with Crippen LogP contribution in [0.1, 0.15) is 11.1 Å². The molecule has 0 radical (unpaired) electrons. The van der Waals surface area contributed by atoms with E-state index < -0.39 is 28.6 Å². The van der Waals surface area contributed by atoms with Crippen molar-refractivity contribution in [2.45, 2.75) is 19.2 Å². The summed E-state index contributed by atoms with van der Waals surface area (Å²) >= 11 is 5.93. The Morgan fingerprint density at radius 1 is 1.00 bits per heavy atom. The van der Waals surface area contributed by atoms with Gasteiger partial charge in [0.05, 0.1) is 25.0 Å². The highest BCUT2D eigenvalue weighted by Crippen LogP contribution is 2.33. The maximum absolute atomic E-state index is 13.4. The molecule has 0 fully saturated rings. The van der Waals surface area contributed by atoms with Gasteiger partial charge in [0, 0.05) is 18.1 Å². The van der Waals surface area contributed by atoms with Crippen molar-refractivity contribution in [2.24, 2.45) is 0 Å². The molecule has 1 aliphatic heterocycles. The predicted molar refractivity (Wildman–Crippen MR) is 138 cm³/mol. The molecule has 2 amide bonds. The summed E-state index contributed by atoms with van der Waals surface area (Å²) in [5.74, 6) is -0.459. The highest BCUT2D eigenvalue weighted by Gasteiger charge is 2.35. The maximum Gasteiger partial charge on any atom is 0.263 e. The molecule has 0 saturated heterocycles.